The Balaban J connectivity index is 2.11. The smallest absolute Gasteiger partial charge is 0.223 e. The van der Waals surface area contributed by atoms with Gasteiger partial charge in [0.05, 0.1) is 5.02 Å². The number of halogens is 3. The summed E-state index contributed by atoms with van der Waals surface area (Å²) in [4.78, 5) is 13.3. The SMILES string of the molecule is O=C1CC(CCl)CN1Cc1cccc(F)c1Cl. The van der Waals surface area contributed by atoms with Crippen molar-refractivity contribution in [3.8, 4) is 0 Å². The number of carbonyl (C=O) groups excluding carboxylic acids is 1. The monoisotopic (exact) mass is 275 g/mol. The molecule has 0 aliphatic carbocycles. The second-order valence-electron chi connectivity index (χ2n) is 4.21. The molecule has 92 valence electrons. The van der Waals surface area contributed by atoms with E-state index >= 15 is 0 Å². The highest BCUT2D eigenvalue weighted by Crippen LogP contribution is 2.25. The summed E-state index contributed by atoms with van der Waals surface area (Å²) in [6, 6.07) is 4.63. The third-order valence-electron chi connectivity index (χ3n) is 2.91. The largest absolute Gasteiger partial charge is 0.338 e. The van der Waals surface area contributed by atoms with Crippen molar-refractivity contribution in [2.45, 2.75) is 13.0 Å². The predicted octanol–water partition coefficient (Wildman–Crippen LogP) is 3.07. The molecule has 2 nitrogen and oxygen atoms in total. The molecular weight excluding hydrogens is 264 g/mol. The maximum Gasteiger partial charge on any atom is 0.223 e. The van der Waals surface area contributed by atoms with E-state index in [4.69, 9.17) is 23.2 Å². The van der Waals surface area contributed by atoms with Crippen LogP contribution in [0.5, 0.6) is 0 Å². The van der Waals surface area contributed by atoms with Crippen LogP contribution in [-0.4, -0.2) is 23.2 Å². The summed E-state index contributed by atoms with van der Waals surface area (Å²) in [7, 11) is 0. The maximum atomic E-state index is 13.2. The van der Waals surface area contributed by atoms with Crippen LogP contribution in [0.1, 0.15) is 12.0 Å². The van der Waals surface area contributed by atoms with Crippen molar-refractivity contribution in [2.24, 2.45) is 5.92 Å². The molecule has 1 aromatic rings. The maximum absolute atomic E-state index is 13.2. The fourth-order valence-electron chi connectivity index (χ4n) is 1.99. The minimum atomic E-state index is -0.454. The molecule has 1 saturated heterocycles. The van der Waals surface area contributed by atoms with Crippen LogP contribution in [0.4, 0.5) is 4.39 Å². The average molecular weight is 276 g/mol. The topological polar surface area (TPSA) is 20.3 Å². The first-order chi connectivity index (χ1) is 8.11. The Bertz CT molecular complexity index is 439. The van der Waals surface area contributed by atoms with Gasteiger partial charge in [0.25, 0.3) is 0 Å². The lowest BCUT2D eigenvalue weighted by Gasteiger charge is -2.17. The molecule has 1 heterocycles. The highest BCUT2D eigenvalue weighted by molar-refractivity contribution is 6.31. The Labute approximate surface area is 109 Å². The Hall–Kier alpha value is -0.800. The van der Waals surface area contributed by atoms with Crippen molar-refractivity contribution >= 4 is 29.1 Å². The first-order valence-electron chi connectivity index (χ1n) is 5.38. The Morgan fingerprint density at radius 2 is 2.24 bits per heavy atom. The van der Waals surface area contributed by atoms with Crippen LogP contribution in [0.25, 0.3) is 0 Å². The van der Waals surface area contributed by atoms with Gasteiger partial charge >= 0.3 is 0 Å². The Morgan fingerprint density at radius 1 is 1.47 bits per heavy atom. The zero-order valence-corrected chi connectivity index (χ0v) is 10.6. The predicted molar refractivity (Wildman–Crippen MR) is 65.7 cm³/mol. The van der Waals surface area contributed by atoms with Crippen molar-refractivity contribution in [1.29, 1.82) is 0 Å². The molecule has 0 aromatic heterocycles. The molecule has 1 amide bonds. The standard InChI is InChI=1S/C12H12Cl2FNO/c13-5-8-4-11(17)16(6-8)7-9-2-1-3-10(15)12(9)14/h1-3,8H,4-7H2. The van der Waals surface area contributed by atoms with E-state index in [9.17, 15) is 9.18 Å². The molecule has 1 aliphatic heterocycles. The number of likely N-dealkylation sites (tertiary alicyclic amines) is 1. The fourth-order valence-corrected chi connectivity index (χ4v) is 2.38. The van der Waals surface area contributed by atoms with Gasteiger partial charge in [0.15, 0.2) is 0 Å². The highest BCUT2D eigenvalue weighted by Gasteiger charge is 2.29. The number of hydrogen-bond donors (Lipinski definition) is 0. The first-order valence-corrected chi connectivity index (χ1v) is 6.29. The molecule has 0 bridgehead atoms. The lowest BCUT2D eigenvalue weighted by molar-refractivity contribution is -0.128. The third kappa shape index (κ3) is 2.72. The van der Waals surface area contributed by atoms with Crippen molar-refractivity contribution in [2.75, 3.05) is 12.4 Å². The molecule has 17 heavy (non-hydrogen) atoms. The van der Waals surface area contributed by atoms with E-state index in [-0.39, 0.29) is 16.8 Å². The van der Waals surface area contributed by atoms with Crippen molar-refractivity contribution in [1.82, 2.24) is 4.90 Å². The van der Waals surface area contributed by atoms with Gasteiger partial charge in [-0.15, -0.1) is 11.6 Å². The molecule has 1 fully saturated rings. The van der Waals surface area contributed by atoms with Gasteiger partial charge in [0.2, 0.25) is 5.91 Å². The summed E-state index contributed by atoms with van der Waals surface area (Å²) in [5.41, 5.74) is 0.634. The molecule has 1 unspecified atom stereocenters. The number of nitrogens with zero attached hydrogens (tertiary/aromatic N) is 1. The van der Waals surface area contributed by atoms with Crippen LogP contribution in [0.3, 0.4) is 0 Å². The molecule has 0 radical (unpaired) electrons. The third-order valence-corrected chi connectivity index (χ3v) is 3.77. The summed E-state index contributed by atoms with van der Waals surface area (Å²) >= 11 is 11.6. The van der Waals surface area contributed by atoms with Gasteiger partial charge in [0.1, 0.15) is 5.82 Å². The van der Waals surface area contributed by atoms with Gasteiger partial charge in [0, 0.05) is 25.4 Å². The van der Waals surface area contributed by atoms with Gasteiger partial charge in [-0.05, 0) is 17.5 Å². The van der Waals surface area contributed by atoms with E-state index in [1.54, 1.807) is 17.0 Å². The fraction of sp³-hybridized carbons (Fsp3) is 0.417. The molecular formula is C12H12Cl2FNO. The number of amides is 1. The van der Waals surface area contributed by atoms with Gasteiger partial charge in [-0.1, -0.05) is 23.7 Å². The first kappa shape index (κ1) is 12.7. The van der Waals surface area contributed by atoms with Crippen LogP contribution in [0, 0.1) is 11.7 Å². The second kappa shape index (κ2) is 5.23. The second-order valence-corrected chi connectivity index (χ2v) is 4.90. The zero-order chi connectivity index (χ0) is 12.4. The minimum Gasteiger partial charge on any atom is -0.338 e. The molecule has 0 N–H and O–H groups in total. The lowest BCUT2D eigenvalue weighted by Crippen LogP contribution is -2.25. The Kier molecular flexibility index (Phi) is 3.89. The van der Waals surface area contributed by atoms with Gasteiger partial charge in [-0.25, -0.2) is 4.39 Å². The quantitative estimate of drug-likeness (QED) is 0.777. The van der Waals surface area contributed by atoms with E-state index in [0.717, 1.165) is 0 Å². The van der Waals surface area contributed by atoms with Gasteiger partial charge < -0.3 is 4.90 Å². The van der Waals surface area contributed by atoms with E-state index in [0.29, 0.717) is 31.0 Å². The van der Waals surface area contributed by atoms with Crippen LogP contribution >= 0.6 is 23.2 Å². The van der Waals surface area contributed by atoms with Crippen LogP contribution in [-0.2, 0) is 11.3 Å². The molecule has 1 aliphatic rings. The number of hydrogen-bond acceptors (Lipinski definition) is 1. The summed E-state index contributed by atoms with van der Waals surface area (Å²) < 4.78 is 13.2. The highest BCUT2D eigenvalue weighted by atomic mass is 35.5. The molecule has 1 atom stereocenters. The summed E-state index contributed by atoms with van der Waals surface area (Å²) in [5.74, 6) is 0.260. The van der Waals surface area contributed by atoms with E-state index < -0.39 is 5.82 Å². The van der Waals surface area contributed by atoms with Crippen molar-refractivity contribution in [3.63, 3.8) is 0 Å². The van der Waals surface area contributed by atoms with Gasteiger partial charge in [-0.2, -0.15) is 0 Å². The van der Waals surface area contributed by atoms with Crippen molar-refractivity contribution < 1.29 is 9.18 Å². The van der Waals surface area contributed by atoms with Gasteiger partial charge in [-0.3, -0.25) is 4.79 Å². The summed E-state index contributed by atoms with van der Waals surface area (Å²) in [6.45, 7) is 0.970. The molecule has 2 rings (SSSR count). The van der Waals surface area contributed by atoms with E-state index in [1.165, 1.54) is 6.07 Å². The normalized spacial score (nSPS) is 20.1. The van der Waals surface area contributed by atoms with Crippen LogP contribution in [0.2, 0.25) is 5.02 Å². The number of rotatable bonds is 3. The van der Waals surface area contributed by atoms with E-state index in [1.807, 2.05) is 0 Å². The summed E-state index contributed by atoms with van der Waals surface area (Å²) in [5, 5.41) is 0.0922. The molecule has 0 spiro atoms. The molecule has 5 heteroatoms. The average Bonchev–Trinajstić information content (AvgIpc) is 2.66. The minimum absolute atomic E-state index is 0.0518. The molecule has 1 aromatic carbocycles. The van der Waals surface area contributed by atoms with Crippen LogP contribution < -0.4 is 0 Å². The number of alkyl halides is 1. The van der Waals surface area contributed by atoms with Crippen LogP contribution in [0.15, 0.2) is 18.2 Å². The Morgan fingerprint density at radius 3 is 2.88 bits per heavy atom. The number of carbonyl (C=O) groups is 1. The van der Waals surface area contributed by atoms with Crippen molar-refractivity contribution in [3.05, 3.63) is 34.6 Å². The number of benzene rings is 1. The zero-order valence-electron chi connectivity index (χ0n) is 9.13. The summed E-state index contributed by atoms with van der Waals surface area (Å²) in [6.07, 6.45) is 0.469. The van der Waals surface area contributed by atoms with E-state index in [2.05, 4.69) is 0 Å². The lowest BCUT2D eigenvalue weighted by atomic mass is 10.1. The molecule has 0 saturated carbocycles.